The van der Waals surface area contributed by atoms with Gasteiger partial charge in [-0.3, -0.25) is 19.7 Å². The average molecular weight is 496 g/mol. The minimum atomic E-state index is -0.446. The van der Waals surface area contributed by atoms with Gasteiger partial charge in [0.05, 0.1) is 17.6 Å². The molecule has 2 amide bonds. The van der Waals surface area contributed by atoms with E-state index in [9.17, 15) is 19.7 Å². The molecule has 2 aliphatic rings. The highest BCUT2D eigenvalue weighted by atomic mass is 16.6. The molecule has 0 radical (unpaired) electrons. The summed E-state index contributed by atoms with van der Waals surface area (Å²) in [7, 11) is 1.46. The number of methoxy groups -OCH3 is 1. The van der Waals surface area contributed by atoms with Crippen molar-refractivity contribution >= 4 is 28.9 Å². The van der Waals surface area contributed by atoms with Crippen LogP contribution in [0.2, 0.25) is 0 Å². The van der Waals surface area contributed by atoms with Crippen molar-refractivity contribution in [3.8, 4) is 5.75 Å². The van der Waals surface area contributed by atoms with Crippen LogP contribution in [0.3, 0.4) is 0 Å². The number of aryl methyl sites for hydroxylation is 1. The third-order valence-electron chi connectivity index (χ3n) is 6.88. The SMILES string of the molecule is COc1cc(N2CCN(c3ccccc3C)CC2)c([N+](=O)[O-])cc1C(=O)NCCCN1CCCC1=O. The first-order chi connectivity index (χ1) is 17.4. The molecule has 0 aromatic heterocycles. The van der Waals surface area contributed by atoms with Crippen LogP contribution in [-0.2, 0) is 4.79 Å². The molecule has 2 fully saturated rings. The fraction of sp³-hybridized carbons (Fsp3) is 0.462. The first-order valence-electron chi connectivity index (χ1n) is 12.4. The summed E-state index contributed by atoms with van der Waals surface area (Å²) in [5, 5.41) is 14.8. The average Bonchev–Trinajstić information content (AvgIpc) is 3.30. The quantitative estimate of drug-likeness (QED) is 0.324. The van der Waals surface area contributed by atoms with Crippen molar-refractivity contribution in [1.82, 2.24) is 10.2 Å². The summed E-state index contributed by atoms with van der Waals surface area (Å²) in [6.07, 6.45) is 2.07. The maximum absolute atomic E-state index is 12.9. The number of piperazine rings is 1. The maximum atomic E-state index is 12.9. The van der Waals surface area contributed by atoms with E-state index in [0.717, 1.165) is 26.1 Å². The third-order valence-corrected chi connectivity index (χ3v) is 6.88. The van der Waals surface area contributed by atoms with Crippen LogP contribution >= 0.6 is 0 Å². The van der Waals surface area contributed by atoms with Gasteiger partial charge >= 0.3 is 0 Å². The Bertz CT molecular complexity index is 1130. The maximum Gasteiger partial charge on any atom is 0.293 e. The molecule has 0 aliphatic carbocycles. The van der Waals surface area contributed by atoms with Gasteiger partial charge in [0.25, 0.3) is 11.6 Å². The summed E-state index contributed by atoms with van der Waals surface area (Å²) in [6, 6.07) is 11.1. The molecule has 2 saturated heterocycles. The Morgan fingerprint density at radius 1 is 1.08 bits per heavy atom. The Balaban J connectivity index is 1.44. The second-order valence-corrected chi connectivity index (χ2v) is 9.15. The fourth-order valence-corrected chi connectivity index (χ4v) is 4.92. The van der Waals surface area contributed by atoms with Crippen LogP contribution in [-0.4, -0.2) is 74.6 Å². The van der Waals surface area contributed by atoms with Crippen molar-refractivity contribution in [2.24, 2.45) is 0 Å². The van der Waals surface area contributed by atoms with Crippen molar-refractivity contribution in [3.05, 3.63) is 57.6 Å². The van der Waals surface area contributed by atoms with E-state index in [2.05, 4.69) is 29.3 Å². The van der Waals surface area contributed by atoms with Crippen LogP contribution in [0.25, 0.3) is 0 Å². The lowest BCUT2D eigenvalue weighted by Gasteiger charge is -2.37. The van der Waals surface area contributed by atoms with Gasteiger partial charge in [0.15, 0.2) is 0 Å². The van der Waals surface area contributed by atoms with Gasteiger partial charge in [-0.15, -0.1) is 0 Å². The van der Waals surface area contributed by atoms with Crippen LogP contribution in [0.4, 0.5) is 17.1 Å². The summed E-state index contributed by atoms with van der Waals surface area (Å²) in [5.74, 6) is 0.0109. The first-order valence-corrected chi connectivity index (χ1v) is 12.4. The highest BCUT2D eigenvalue weighted by Gasteiger charge is 2.28. The molecule has 0 unspecified atom stereocenters. The fourth-order valence-electron chi connectivity index (χ4n) is 4.92. The molecule has 0 bridgehead atoms. The van der Waals surface area contributed by atoms with E-state index < -0.39 is 10.8 Å². The predicted octanol–water partition coefficient (Wildman–Crippen LogP) is 2.98. The summed E-state index contributed by atoms with van der Waals surface area (Å²) in [4.78, 5) is 42.2. The highest BCUT2D eigenvalue weighted by molar-refractivity contribution is 5.98. The van der Waals surface area contributed by atoms with E-state index >= 15 is 0 Å². The normalized spacial score (nSPS) is 15.8. The van der Waals surface area contributed by atoms with E-state index in [1.165, 1.54) is 24.4 Å². The Morgan fingerprint density at radius 2 is 1.78 bits per heavy atom. The van der Waals surface area contributed by atoms with Crippen LogP contribution in [0.15, 0.2) is 36.4 Å². The zero-order chi connectivity index (χ0) is 25.7. The first kappa shape index (κ1) is 25.3. The van der Waals surface area contributed by atoms with Crippen LogP contribution in [0, 0.1) is 17.0 Å². The number of nitro groups is 1. The van der Waals surface area contributed by atoms with Crippen molar-refractivity contribution in [2.75, 3.05) is 62.7 Å². The lowest BCUT2D eigenvalue weighted by molar-refractivity contribution is -0.384. The summed E-state index contributed by atoms with van der Waals surface area (Å²) in [5.41, 5.74) is 2.83. The number of likely N-dealkylation sites (tertiary alicyclic amines) is 1. The molecule has 192 valence electrons. The third kappa shape index (κ3) is 5.53. The predicted molar refractivity (Wildman–Crippen MR) is 138 cm³/mol. The van der Waals surface area contributed by atoms with Gasteiger partial charge < -0.3 is 24.8 Å². The van der Waals surface area contributed by atoms with E-state index in [1.807, 2.05) is 17.0 Å². The number of rotatable bonds is 9. The van der Waals surface area contributed by atoms with Gasteiger partial charge in [-0.2, -0.15) is 0 Å². The minimum Gasteiger partial charge on any atom is -0.496 e. The van der Waals surface area contributed by atoms with Gasteiger partial charge in [0, 0.05) is 70.1 Å². The monoisotopic (exact) mass is 495 g/mol. The van der Waals surface area contributed by atoms with E-state index in [-0.39, 0.29) is 17.2 Å². The number of carbonyl (C=O) groups excluding carboxylic acids is 2. The number of nitrogens with one attached hydrogen (secondary N) is 1. The molecule has 0 spiro atoms. The summed E-state index contributed by atoms with van der Waals surface area (Å²) in [6.45, 7) is 6.46. The van der Waals surface area contributed by atoms with Crippen molar-refractivity contribution in [2.45, 2.75) is 26.2 Å². The Hall–Kier alpha value is -3.82. The van der Waals surface area contributed by atoms with Gasteiger partial charge in [-0.1, -0.05) is 18.2 Å². The smallest absolute Gasteiger partial charge is 0.293 e. The molecule has 10 nitrogen and oxygen atoms in total. The molecular formula is C26H33N5O5. The molecule has 0 atom stereocenters. The molecule has 4 rings (SSSR count). The van der Waals surface area contributed by atoms with Crippen LogP contribution in [0.1, 0.15) is 35.2 Å². The number of benzene rings is 2. The number of amides is 2. The van der Waals surface area contributed by atoms with Gasteiger partial charge in [0.2, 0.25) is 5.91 Å². The molecule has 0 saturated carbocycles. The Labute approximate surface area is 211 Å². The molecule has 2 aromatic rings. The molecule has 36 heavy (non-hydrogen) atoms. The highest BCUT2D eigenvalue weighted by Crippen LogP contribution is 2.36. The number of hydrogen-bond donors (Lipinski definition) is 1. The number of carbonyl (C=O) groups is 2. The van der Waals surface area contributed by atoms with E-state index in [0.29, 0.717) is 50.5 Å². The lowest BCUT2D eigenvalue weighted by atomic mass is 10.1. The number of hydrogen-bond acceptors (Lipinski definition) is 7. The number of anilines is 2. The van der Waals surface area contributed by atoms with Crippen molar-refractivity contribution < 1.29 is 19.2 Å². The Kier molecular flexibility index (Phi) is 7.92. The van der Waals surface area contributed by atoms with E-state index in [1.54, 1.807) is 11.0 Å². The Morgan fingerprint density at radius 3 is 2.39 bits per heavy atom. The van der Waals surface area contributed by atoms with Gasteiger partial charge in [-0.05, 0) is 31.4 Å². The second kappa shape index (κ2) is 11.3. The zero-order valence-corrected chi connectivity index (χ0v) is 20.9. The largest absolute Gasteiger partial charge is 0.496 e. The summed E-state index contributed by atoms with van der Waals surface area (Å²) >= 11 is 0. The summed E-state index contributed by atoms with van der Waals surface area (Å²) < 4.78 is 5.47. The lowest BCUT2D eigenvalue weighted by Crippen LogP contribution is -2.47. The second-order valence-electron chi connectivity index (χ2n) is 9.15. The molecule has 2 aromatic carbocycles. The number of nitro benzene ring substituents is 1. The molecule has 10 heteroatoms. The zero-order valence-electron chi connectivity index (χ0n) is 20.9. The number of nitrogens with zero attached hydrogens (tertiary/aromatic N) is 4. The molecule has 1 N–H and O–H groups in total. The van der Waals surface area contributed by atoms with Crippen molar-refractivity contribution in [3.63, 3.8) is 0 Å². The van der Waals surface area contributed by atoms with E-state index in [4.69, 9.17) is 4.74 Å². The van der Waals surface area contributed by atoms with Crippen LogP contribution < -0.4 is 19.9 Å². The minimum absolute atomic E-state index is 0.118. The van der Waals surface area contributed by atoms with Gasteiger partial charge in [-0.25, -0.2) is 0 Å². The standard InChI is InChI=1S/C26H33N5O5/c1-19-7-3-4-8-21(19)28-13-15-29(16-14-28)22-18-24(36-2)20(17-23(22)31(34)35)26(33)27-10-6-12-30-11-5-9-25(30)32/h3-4,7-8,17-18H,5-6,9-16H2,1-2H3,(H,27,33). The molecular weight excluding hydrogens is 462 g/mol. The van der Waals surface area contributed by atoms with Gasteiger partial charge in [0.1, 0.15) is 11.4 Å². The van der Waals surface area contributed by atoms with Crippen LogP contribution in [0.5, 0.6) is 5.75 Å². The number of ether oxygens (including phenoxy) is 1. The van der Waals surface area contributed by atoms with Crippen molar-refractivity contribution in [1.29, 1.82) is 0 Å². The molecule has 2 aliphatic heterocycles. The topological polar surface area (TPSA) is 108 Å². The number of para-hydroxylation sites is 1. The molecule has 2 heterocycles.